The molecule has 6 heteroatoms. The van der Waals surface area contributed by atoms with Crippen molar-refractivity contribution < 1.29 is 9.13 Å². The van der Waals surface area contributed by atoms with Crippen LogP contribution >= 0.6 is 11.8 Å². The Kier molecular flexibility index (Phi) is 5.48. The van der Waals surface area contributed by atoms with E-state index in [1.807, 2.05) is 12.1 Å². The summed E-state index contributed by atoms with van der Waals surface area (Å²) in [6, 6.07) is 14.2. The van der Waals surface area contributed by atoms with Gasteiger partial charge in [0.1, 0.15) is 11.6 Å². The van der Waals surface area contributed by atoms with Crippen molar-refractivity contribution in [2.45, 2.75) is 18.5 Å². The molecule has 3 rings (SSSR count). The van der Waals surface area contributed by atoms with Crippen LogP contribution in [0.15, 0.2) is 53.7 Å². The second kappa shape index (κ2) is 7.97. The number of nitrogens with one attached hydrogen (secondary N) is 1. The molecule has 1 heterocycles. The fourth-order valence-electron chi connectivity index (χ4n) is 2.09. The zero-order chi connectivity index (χ0) is 16.8. The minimum absolute atomic E-state index is 0.258. The Hall–Kier alpha value is -2.34. The Morgan fingerprint density at radius 3 is 2.58 bits per heavy atom. The molecule has 0 atom stereocenters. The molecule has 0 saturated carbocycles. The number of aryl methyl sites for hydroxylation is 1. The second-order valence-electron chi connectivity index (χ2n) is 5.34. The van der Waals surface area contributed by atoms with E-state index in [1.165, 1.54) is 17.7 Å². The fraction of sp³-hybridized carbons (Fsp3) is 0.222. The predicted molar refractivity (Wildman–Crippen MR) is 93.8 cm³/mol. The third-order valence-corrected chi connectivity index (χ3v) is 4.33. The number of rotatable bonds is 7. The van der Waals surface area contributed by atoms with E-state index in [0.29, 0.717) is 12.4 Å². The quantitative estimate of drug-likeness (QED) is 0.507. The first kappa shape index (κ1) is 16.5. The average molecular weight is 343 g/mol. The lowest BCUT2D eigenvalue weighted by molar-refractivity contribution is 0.318. The van der Waals surface area contributed by atoms with Crippen molar-refractivity contribution in [1.29, 1.82) is 0 Å². The molecule has 3 aromatic rings. The molecule has 0 aliphatic carbocycles. The van der Waals surface area contributed by atoms with Crippen LogP contribution in [0.1, 0.15) is 12.0 Å². The van der Waals surface area contributed by atoms with E-state index in [0.717, 1.165) is 28.7 Å². The third kappa shape index (κ3) is 4.58. The number of aromatic amines is 1. The average Bonchev–Trinajstić information content (AvgIpc) is 3.06. The van der Waals surface area contributed by atoms with E-state index < -0.39 is 0 Å². The highest BCUT2D eigenvalue weighted by molar-refractivity contribution is 7.99. The van der Waals surface area contributed by atoms with Crippen molar-refractivity contribution in [1.82, 2.24) is 15.2 Å². The maximum absolute atomic E-state index is 12.8. The molecule has 0 saturated heterocycles. The largest absolute Gasteiger partial charge is 0.494 e. The first-order valence-electron chi connectivity index (χ1n) is 7.71. The molecule has 0 fully saturated rings. The first-order chi connectivity index (χ1) is 11.7. The molecule has 0 aliphatic heterocycles. The fourth-order valence-corrected chi connectivity index (χ4v) is 2.81. The van der Waals surface area contributed by atoms with Crippen LogP contribution in [-0.4, -0.2) is 27.5 Å². The maximum Gasteiger partial charge on any atom is 0.208 e. The number of hydrogen-bond donors (Lipinski definition) is 1. The predicted octanol–water partition coefficient (Wildman–Crippen LogP) is 4.48. The van der Waals surface area contributed by atoms with Crippen LogP contribution in [0.4, 0.5) is 4.39 Å². The Labute approximate surface area is 144 Å². The number of hydrogen-bond acceptors (Lipinski definition) is 4. The van der Waals surface area contributed by atoms with Gasteiger partial charge in [0.2, 0.25) is 5.16 Å². The molecule has 0 unspecified atom stereocenters. The summed E-state index contributed by atoms with van der Waals surface area (Å²) in [5, 5.41) is 7.92. The summed E-state index contributed by atoms with van der Waals surface area (Å²) in [4.78, 5) is 4.49. The van der Waals surface area contributed by atoms with Gasteiger partial charge in [0, 0.05) is 11.3 Å². The lowest BCUT2D eigenvalue weighted by atomic mass is 10.1. The number of ether oxygens (including phenoxy) is 1. The summed E-state index contributed by atoms with van der Waals surface area (Å²) in [5.74, 6) is 2.06. The van der Waals surface area contributed by atoms with Gasteiger partial charge in [-0.05, 0) is 37.6 Å². The molecular formula is C18H18FN3OS. The summed E-state index contributed by atoms with van der Waals surface area (Å²) in [6.45, 7) is 2.63. The summed E-state index contributed by atoms with van der Waals surface area (Å²) in [6.07, 6.45) is 0.858. The van der Waals surface area contributed by atoms with Gasteiger partial charge in [-0.15, -0.1) is 5.10 Å². The van der Waals surface area contributed by atoms with E-state index in [9.17, 15) is 4.39 Å². The monoisotopic (exact) mass is 343 g/mol. The smallest absolute Gasteiger partial charge is 0.208 e. The number of aromatic nitrogens is 3. The summed E-state index contributed by atoms with van der Waals surface area (Å²) in [7, 11) is 0. The summed E-state index contributed by atoms with van der Waals surface area (Å²) < 4.78 is 18.3. The van der Waals surface area contributed by atoms with Gasteiger partial charge in [0.15, 0.2) is 5.82 Å². The van der Waals surface area contributed by atoms with Gasteiger partial charge in [0.05, 0.1) is 6.61 Å². The van der Waals surface area contributed by atoms with Gasteiger partial charge in [-0.1, -0.05) is 41.6 Å². The molecule has 0 amide bonds. The summed E-state index contributed by atoms with van der Waals surface area (Å²) in [5.41, 5.74) is 2.24. The van der Waals surface area contributed by atoms with E-state index in [-0.39, 0.29) is 5.82 Å². The van der Waals surface area contributed by atoms with E-state index in [2.05, 4.69) is 34.2 Å². The van der Waals surface area contributed by atoms with Crippen LogP contribution in [0.2, 0.25) is 0 Å². The Morgan fingerprint density at radius 2 is 1.83 bits per heavy atom. The van der Waals surface area contributed by atoms with Gasteiger partial charge < -0.3 is 4.74 Å². The van der Waals surface area contributed by atoms with Gasteiger partial charge >= 0.3 is 0 Å². The van der Waals surface area contributed by atoms with Crippen LogP contribution in [0.25, 0.3) is 11.4 Å². The minimum Gasteiger partial charge on any atom is -0.494 e. The number of nitrogens with zero attached hydrogens (tertiary/aromatic N) is 2. The van der Waals surface area contributed by atoms with Crippen LogP contribution in [-0.2, 0) is 0 Å². The first-order valence-corrected chi connectivity index (χ1v) is 8.70. The molecule has 1 aromatic heterocycles. The number of H-pyrrole nitrogens is 1. The van der Waals surface area contributed by atoms with E-state index in [4.69, 9.17) is 4.74 Å². The molecule has 0 aliphatic rings. The lowest BCUT2D eigenvalue weighted by Gasteiger charge is -2.04. The van der Waals surface area contributed by atoms with Crippen LogP contribution in [0, 0.1) is 12.7 Å². The van der Waals surface area contributed by atoms with Crippen LogP contribution in [0.3, 0.4) is 0 Å². The molecule has 124 valence electrons. The van der Waals surface area contributed by atoms with Gasteiger partial charge in [-0.3, -0.25) is 5.10 Å². The van der Waals surface area contributed by atoms with Crippen molar-refractivity contribution in [3.05, 3.63) is 59.9 Å². The van der Waals surface area contributed by atoms with Gasteiger partial charge in [0.25, 0.3) is 0 Å². The zero-order valence-electron chi connectivity index (χ0n) is 13.3. The Bertz CT molecular complexity index is 772. The number of halogens is 1. The topological polar surface area (TPSA) is 50.8 Å². The minimum atomic E-state index is -0.258. The van der Waals surface area contributed by atoms with Gasteiger partial charge in [-0.2, -0.15) is 0 Å². The molecule has 1 N–H and O–H groups in total. The highest BCUT2D eigenvalue weighted by atomic mass is 32.2. The molecule has 0 radical (unpaired) electrons. The third-order valence-electron chi connectivity index (χ3n) is 3.39. The number of thioether (sulfide) groups is 1. The molecule has 2 aromatic carbocycles. The van der Waals surface area contributed by atoms with Crippen LogP contribution in [0.5, 0.6) is 5.75 Å². The SMILES string of the molecule is Cc1ccc(-c2nc(SCCCOc3ccc(F)cc3)n[nH]2)cc1. The van der Waals surface area contributed by atoms with E-state index in [1.54, 1.807) is 23.9 Å². The highest BCUT2D eigenvalue weighted by Gasteiger charge is 2.06. The Morgan fingerprint density at radius 1 is 1.08 bits per heavy atom. The molecule has 4 nitrogen and oxygen atoms in total. The standard InChI is InChI=1S/C18H18FN3OS/c1-13-3-5-14(6-4-13)17-20-18(22-21-17)24-12-2-11-23-16-9-7-15(19)8-10-16/h3-10H,2,11-12H2,1H3,(H,20,21,22). The highest BCUT2D eigenvalue weighted by Crippen LogP contribution is 2.20. The Balaban J connectivity index is 1.42. The second-order valence-corrected chi connectivity index (χ2v) is 6.40. The van der Waals surface area contributed by atoms with E-state index >= 15 is 0 Å². The molecule has 24 heavy (non-hydrogen) atoms. The van der Waals surface area contributed by atoms with Crippen molar-refractivity contribution >= 4 is 11.8 Å². The lowest BCUT2D eigenvalue weighted by Crippen LogP contribution is -1.98. The zero-order valence-corrected chi connectivity index (χ0v) is 14.1. The molecule has 0 spiro atoms. The normalized spacial score (nSPS) is 10.8. The van der Waals surface area contributed by atoms with Crippen LogP contribution < -0.4 is 4.74 Å². The van der Waals surface area contributed by atoms with Crippen molar-refractivity contribution in [3.8, 4) is 17.1 Å². The van der Waals surface area contributed by atoms with Crippen molar-refractivity contribution in [3.63, 3.8) is 0 Å². The number of benzene rings is 2. The van der Waals surface area contributed by atoms with Crippen molar-refractivity contribution in [2.24, 2.45) is 0 Å². The van der Waals surface area contributed by atoms with Crippen molar-refractivity contribution in [2.75, 3.05) is 12.4 Å². The molecule has 0 bridgehead atoms. The summed E-state index contributed by atoms with van der Waals surface area (Å²) >= 11 is 1.58. The molecular weight excluding hydrogens is 325 g/mol. The maximum atomic E-state index is 12.8. The van der Waals surface area contributed by atoms with Gasteiger partial charge in [-0.25, -0.2) is 9.37 Å².